The van der Waals surface area contributed by atoms with Crippen LogP contribution in [0.2, 0.25) is 0 Å². The van der Waals surface area contributed by atoms with E-state index in [1.165, 1.54) is 7.11 Å². The largest absolute Gasteiger partial charge is 0.497 e. The van der Waals surface area contributed by atoms with Crippen LogP contribution in [-0.2, 0) is 6.42 Å². The van der Waals surface area contributed by atoms with Crippen molar-refractivity contribution in [3.05, 3.63) is 70.9 Å². The van der Waals surface area contributed by atoms with E-state index in [-0.39, 0.29) is 18.4 Å². The Balaban J connectivity index is 1.46. The molecule has 1 aliphatic heterocycles. The fourth-order valence-electron chi connectivity index (χ4n) is 5.43. The number of hydrogen-bond acceptors (Lipinski definition) is 5. The molecule has 0 bridgehead atoms. The van der Waals surface area contributed by atoms with E-state index in [1.54, 1.807) is 18.2 Å². The van der Waals surface area contributed by atoms with Gasteiger partial charge >= 0.3 is 0 Å². The average Bonchev–Trinajstić information content (AvgIpc) is 2.90. The summed E-state index contributed by atoms with van der Waals surface area (Å²) in [7, 11) is 1.51. The number of nitrogens with one attached hydrogen (secondary N) is 1. The highest BCUT2D eigenvalue weighted by Gasteiger charge is 2.39. The molecule has 0 amide bonds. The van der Waals surface area contributed by atoms with Gasteiger partial charge in [0.2, 0.25) is 0 Å². The van der Waals surface area contributed by atoms with Crippen LogP contribution in [0.4, 0.5) is 17.6 Å². The number of nitrogens with zero attached hydrogens (tertiary/aromatic N) is 1. The lowest BCUT2D eigenvalue weighted by atomic mass is 9.69. The van der Waals surface area contributed by atoms with Gasteiger partial charge in [0, 0.05) is 10.9 Å². The Kier molecular flexibility index (Phi) is 8.67. The van der Waals surface area contributed by atoms with E-state index >= 15 is 0 Å². The van der Waals surface area contributed by atoms with Crippen LogP contribution in [0.15, 0.2) is 36.5 Å². The number of hydrogen-bond donors (Lipinski definition) is 3. The number of fused-ring (bicyclic) bond motifs is 1. The molecule has 2 heterocycles. The number of aliphatic hydroxyl groups excluding tert-OH is 2. The number of pyridine rings is 1. The van der Waals surface area contributed by atoms with Crippen molar-refractivity contribution in [1.29, 1.82) is 0 Å². The second-order valence-corrected chi connectivity index (χ2v) is 9.85. The van der Waals surface area contributed by atoms with E-state index < -0.39 is 40.9 Å². The monoisotopic (exact) mass is 520 g/mol. The maximum Gasteiger partial charge on any atom is 0.194 e. The topological polar surface area (TPSA) is 74.6 Å². The minimum atomic E-state index is -1.49. The smallest absolute Gasteiger partial charge is 0.194 e. The number of aromatic nitrogens is 1. The summed E-state index contributed by atoms with van der Waals surface area (Å²) in [5.74, 6) is -4.03. The molecule has 200 valence electrons. The molecule has 2 aromatic carbocycles. The highest BCUT2D eigenvalue weighted by Crippen LogP contribution is 2.42. The third-order valence-electron chi connectivity index (χ3n) is 7.61. The summed E-state index contributed by atoms with van der Waals surface area (Å²) in [6, 6.07) is 7.04. The number of aryl methyl sites for hydroxylation is 1. The molecule has 1 aliphatic rings. The van der Waals surface area contributed by atoms with Gasteiger partial charge in [0.05, 0.1) is 31.0 Å². The molecule has 3 aromatic rings. The Morgan fingerprint density at radius 1 is 1.00 bits per heavy atom. The molecule has 2 atom stereocenters. The second-order valence-electron chi connectivity index (χ2n) is 9.85. The molecular weight excluding hydrogens is 488 g/mol. The maximum atomic E-state index is 14.8. The Labute approximate surface area is 213 Å². The molecule has 0 unspecified atom stereocenters. The number of halogens is 4. The van der Waals surface area contributed by atoms with E-state index in [9.17, 15) is 27.8 Å². The van der Waals surface area contributed by atoms with Crippen molar-refractivity contribution < 1.29 is 32.5 Å². The standard InChI is InChI=1S/C28H32F4N2O3/c1-37-18-5-6-23-19(15-18)26(22(31)16-34-23)24(35)7-8-28(9-11-33-12-10-28)25(36)4-2-3-17-13-20(29)27(32)21(30)14-17/h5-6,13-16,24-25,33,35-36H,2-4,7-12H2,1H3/t24-,25+/m1/s1. The first-order valence-corrected chi connectivity index (χ1v) is 12.6. The zero-order valence-electron chi connectivity index (χ0n) is 20.7. The van der Waals surface area contributed by atoms with Gasteiger partial charge in [-0.2, -0.15) is 0 Å². The van der Waals surface area contributed by atoms with E-state index in [1.807, 2.05) is 0 Å². The number of methoxy groups -OCH3 is 1. The molecule has 0 saturated carbocycles. The van der Waals surface area contributed by atoms with E-state index in [2.05, 4.69) is 10.3 Å². The van der Waals surface area contributed by atoms with Gasteiger partial charge in [-0.1, -0.05) is 0 Å². The van der Waals surface area contributed by atoms with Crippen LogP contribution in [-0.4, -0.2) is 41.5 Å². The van der Waals surface area contributed by atoms with Crippen molar-refractivity contribution >= 4 is 10.9 Å². The second kappa shape index (κ2) is 11.8. The van der Waals surface area contributed by atoms with Gasteiger partial charge in [-0.05, 0) is 99.3 Å². The fraction of sp³-hybridized carbons (Fsp3) is 0.464. The lowest BCUT2D eigenvalue weighted by Gasteiger charge is -2.42. The van der Waals surface area contributed by atoms with Gasteiger partial charge in [0.15, 0.2) is 17.5 Å². The summed E-state index contributed by atoms with van der Waals surface area (Å²) in [6.07, 6.45) is 2.43. The first kappa shape index (κ1) is 27.3. The molecule has 5 nitrogen and oxygen atoms in total. The van der Waals surface area contributed by atoms with Crippen molar-refractivity contribution in [2.75, 3.05) is 20.2 Å². The summed E-state index contributed by atoms with van der Waals surface area (Å²) in [5.41, 5.74) is 0.529. The van der Waals surface area contributed by atoms with Crippen LogP contribution >= 0.6 is 0 Å². The van der Waals surface area contributed by atoms with Crippen LogP contribution in [0.3, 0.4) is 0 Å². The SMILES string of the molecule is COc1ccc2ncc(F)c([C@H](O)CCC3([C@@H](O)CCCc4cc(F)c(F)c(F)c4)CCNCC3)c2c1. The Bertz CT molecular complexity index is 1210. The first-order chi connectivity index (χ1) is 17.7. The predicted octanol–water partition coefficient (Wildman–Crippen LogP) is 5.37. The Hall–Kier alpha value is -2.75. The van der Waals surface area contributed by atoms with Gasteiger partial charge in [0.1, 0.15) is 11.6 Å². The molecule has 3 N–H and O–H groups in total. The van der Waals surface area contributed by atoms with Crippen LogP contribution in [0.1, 0.15) is 55.8 Å². The third kappa shape index (κ3) is 6.05. The van der Waals surface area contributed by atoms with Crippen LogP contribution in [0.25, 0.3) is 10.9 Å². The summed E-state index contributed by atoms with van der Waals surface area (Å²) >= 11 is 0. The van der Waals surface area contributed by atoms with Gasteiger partial charge in [-0.3, -0.25) is 4.98 Å². The average molecular weight is 521 g/mol. The lowest BCUT2D eigenvalue weighted by molar-refractivity contribution is -0.0211. The maximum absolute atomic E-state index is 14.8. The number of piperidine rings is 1. The zero-order chi connectivity index (χ0) is 26.6. The number of ether oxygens (including phenoxy) is 1. The van der Waals surface area contributed by atoms with Gasteiger partial charge < -0.3 is 20.3 Å². The molecule has 0 radical (unpaired) electrons. The quantitative estimate of drug-likeness (QED) is 0.248. The molecule has 1 saturated heterocycles. The number of aliphatic hydroxyl groups is 2. The molecule has 37 heavy (non-hydrogen) atoms. The Morgan fingerprint density at radius 2 is 1.70 bits per heavy atom. The molecule has 4 rings (SSSR count). The summed E-state index contributed by atoms with van der Waals surface area (Å²) < 4.78 is 60.4. The predicted molar refractivity (Wildman–Crippen MR) is 132 cm³/mol. The van der Waals surface area contributed by atoms with E-state index in [0.717, 1.165) is 18.3 Å². The van der Waals surface area contributed by atoms with Crippen LogP contribution in [0.5, 0.6) is 5.75 Å². The van der Waals surface area contributed by atoms with Gasteiger partial charge in [-0.15, -0.1) is 0 Å². The molecule has 0 aliphatic carbocycles. The number of benzene rings is 2. The molecule has 9 heteroatoms. The summed E-state index contributed by atoms with van der Waals surface area (Å²) in [4.78, 5) is 4.11. The number of rotatable bonds is 10. The molecular formula is C28H32F4N2O3. The minimum absolute atomic E-state index is 0.155. The normalized spacial score (nSPS) is 17.1. The van der Waals surface area contributed by atoms with Gasteiger partial charge in [0.25, 0.3) is 0 Å². The van der Waals surface area contributed by atoms with Crippen LogP contribution in [0, 0.1) is 28.7 Å². The van der Waals surface area contributed by atoms with Crippen LogP contribution < -0.4 is 10.1 Å². The van der Waals surface area contributed by atoms with Gasteiger partial charge in [-0.25, -0.2) is 17.6 Å². The van der Waals surface area contributed by atoms with E-state index in [0.29, 0.717) is 67.4 Å². The zero-order valence-corrected chi connectivity index (χ0v) is 20.7. The fourth-order valence-corrected chi connectivity index (χ4v) is 5.43. The van der Waals surface area contributed by atoms with Crippen molar-refractivity contribution in [1.82, 2.24) is 10.3 Å². The highest BCUT2D eigenvalue weighted by atomic mass is 19.2. The van der Waals surface area contributed by atoms with Crippen molar-refractivity contribution in [3.8, 4) is 5.75 Å². The van der Waals surface area contributed by atoms with E-state index in [4.69, 9.17) is 4.74 Å². The first-order valence-electron chi connectivity index (χ1n) is 12.6. The summed E-state index contributed by atoms with van der Waals surface area (Å²) in [6.45, 7) is 1.40. The molecule has 1 fully saturated rings. The summed E-state index contributed by atoms with van der Waals surface area (Å²) in [5, 5.41) is 26.1. The van der Waals surface area contributed by atoms with Crippen molar-refractivity contribution in [2.24, 2.45) is 5.41 Å². The lowest BCUT2D eigenvalue weighted by Crippen LogP contribution is -2.44. The third-order valence-corrected chi connectivity index (χ3v) is 7.61. The minimum Gasteiger partial charge on any atom is -0.497 e. The Morgan fingerprint density at radius 3 is 2.38 bits per heavy atom. The molecule has 0 spiro atoms. The molecule has 1 aromatic heterocycles. The van der Waals surface area contributed by atoms with Crippen molar-refractivity contribution in [3.63, 3.8) is 0 Å². The highest BCUT2D eigenvalue weighted by molar-refractivity contribution is 5.84. The van der Waals surface area contributed by atoms with Crippen molar-refractivity contribution in [2.45, 2.75) is 57.2 Å².